The van der Waals surface area contributed by atoms with Crippen molar-refractivity contribution in [3.63, 3.8) is 0 Å². The number of carboxylic acids is 1. The number of carbonyl (C=O) groups excluding carboxylic acids is 1. The molecule has 10 heteroatoms. The molecule has 138 valence electrons. The van der Waals surface area contributed by atoms with Crippen molar-refractivity contribution in [2.24, 2.45) is 0 Å². The number of alkyl halides is 3. The number of carbonyl (C=O) groups is 2. The Labute approximate surface area is 145 Å². The Morgan fingerprint density at radius 2 is 1.88 bits per heavy atom. The van der Waals surface area contributed by atoms with Gasteiger partial charge in [-0.25, -0.2) is 9.48 Å². The monoisotopic (exact) mass is 369 g/mol. The summed E-state index contributed by atoms with van der Waals surface area (Å²) in [4.78, 5) is 25.0. The summed E-state index contributed by atoms with van der Waals surface area (Å²) in [6.45, 7) is 0.291. The van der Waals surface area contributed by atoms with Crippen LogP contribution in [-0.2, 0) is 15.7 Å². The van der Waals surface area contributed by atoms with Crippen molar-refractivity contribution < 1.29 is 32.6 Å². The fraction of sp³-hybridized carbons (Fsp3) is 0.312. The van der Waals surface area contributed by atoms with Crippen LogP contribution in [-0.4, -0.2) is 57.5 Å². The lowest BCUT2D eigenvalue weighted by molar-refractivity contribution is -0.147. The summed E-state index contributed by atoms with van der Waals surface area (Å²) in [6.07, 6.45) is -3.37. The van der Waals surface area contributed by atoms with Crippen LogP contribution in [0.3, 0.4) is 0 Å². The summed E-state index contributed by atoms with van der Waals surface area (Å²) < 4.78 is 44.0. The number of nitrogens with zero attached hydrogens (tertiary/aromatic N) is 3. The van der Waals surface area contributed by atoms with Crippen LogP contribution in [0.1, 0.15) is 16.1 Å². The van der Waals surface area contributed by atoms with E-state index in [1.54, 1.807) is 0 Å². The number of morpholine rings is 1. The number of hydrogen-bond acceptors (Lipinski definition) is 4. The molecule has 0 spiro atoms. The van der Waals surface area contributed by atoms with E-state index in [2.05, 4.69) is 5.10 Å². The predicted octanol–water partition coefficient (Wildman–Crippen LogP) is 1.82. The lowest BCUT2D eigenvalue weighted by Crippen LogP contribution is -2.52. The highest BCUT2D eigenvalue weighted by molar-refractivity contribution is 5.97. The summed E-state index contributed by atoms with van der Waals surface area (Å²) in [6, 6.07) is 5.50. The van der Waals surface area contributed by atoms with Crippen LogP contribution in [0, 0.1) is 0 Å². The molecular formula is C16H14F3N3O4. The second kappa shape index (κ2) is 6.79. The molecule has 1 atom stereocenters. The Morgan fingerprint density at radius 1 is 1.19 bits per heavy atom. The zero-order chi connectivity index (χ0) is 18.9. The standard InChI is InChI=1S/C16H14F3N3O4/c17-16(18,19)13-5-6-22(20-13)11-3-1-10(2-4-11)14(23)21-7-8-26-9-12(21)15(24)25/h1-6,12H,7-9H2,(H,24,25)/t12-/m1/s1. The summed E-state index contributed by atoms with van der Waals surface area (Å²) in [5.41, 5.74) is -0.450. The predicted molar refractivity (Wildman–Crippen MR) is 81.8 cm³/mol. The van der Waals surface area contributed by atoms with E-state index in [9.17, 15) is 27.9 Å². The molecule has 0 unspecified atom stereocenters. The van der Waals surface area contributed by atoms with E-state index in [-0.39, 0.29) is 25.3 Å². The molecule has 1 aromatic carbocycles. The van der Waals surface area contributed by atoms with Gasteiger partial charge in [0.2, 0.25) is 0 Å². The molecule has 7 nitrogen and oxygen atoms in total. The number of rotatable bonds is 3. The second-order valence-corrected chi connectivity index (χ2v) is 5.62. The topological polar surface area (TPSA) is 84.7 Å². The number of hydrogen-bond donors (Lipinski definition) is 1. The largest absolute Gasteiger partial charge is 0.480 e. The molecule has 1 aliphatic rings. The van der Waals surface area contributed by atoms with E-state index in [1.165, 1.54) is 35.4 Å². The molecule has 1 saturated heterocycles. The van der Waals surface area contributed by atoms with Crippen molar-refractivity contribution in [1.29, 1.82) is 0 Å². The number of halogens is 3. The molecular weight excluding hydrogens is 355 g/mol. The molecule has 0 bridgehead atoms. The van der Waals surface area contributed by atoms with Crippen LogP contribution < -0.4 is 0 Å². The fourth-order valence-corrected chi connectivity index (χ4v) is 2.59. The van der Waals surface area contributed by atoms with Crippen LogP contribution >= 0.6 is 0 Å². The molecule has 1 fully saturated rings. The Kier molecular flexibility index (Phi) is 4.68. The van der Waals surface area contributed by atoms with Gasteiger partial charge in [-0.15, -0.1) is 0 Å². The molecule has 1 amide bonds. The first-order valence-electron chi connectivity index (χ1n) is 7.62. The number of benzene rings is 1. The number of aliphatic carboxylic acids is 1. The zero-order valence-corrected chi connectivity index (χ0v) is 13.3. The molecule has 0 aliphatic carbocycles. The molecule has 0 saturated carbocycles. The average Bonchev–Trinajstić information content (AvgIpc) is 3.12. The van der Waals surface area contributed by atoms with Crippen molar-refractivity contribution >= 4 is 11.9 Å². The van der Waals surface area contributed by atoms with Gasteiger partial charge in [-0.05, 0) is 30.3 Å². The third-order valence-corrected chi connectivity index (χ3v) is 3.93. The van der Waals surface area contributed by atoms with Crippen LogP contribution in [0.2, 0.25) is 0 Å². The summed E-state index contributed by atoms with van der Waals surface area (Å²) in [5.74, 6) is -1.64. The summed E-state index contributed by atoms with van der Waals surface area (Å²) in [7, 11) is 0. The van der Waals surface area contributed by atoms with Crippen molar-refractivity contribution in [2.45, 2.75) is 12.2 Å². The van der Waals surface area contributed by atoms with Gasteiger partial charge in [0.15, 0.2) is 11.7 Å². The normalized spacial score (nSPS) is 18.0. The Bertz CT molecular complexity index is 817. The molecule has 2 heterocycles. The highest BCUT2D eigenvalue weighted by Gasteiger charge is 2.34. The molecule has 1 aromatic heterocycles. The van der Waals surface area contributed by atoms with Crippen molar-refractivity contribution in [2.75, 3.05) is 19.8 Å². The quantitative estimate of drug-likeness (QED) is 0.892. The van der Waals surface area contributed by atoms with Gasteiger partial charge in [0, 0.05) is 18.3 Å². The minimum absolute atomic E-state index is 0.0906. The van der Waals surface area contributed by atoms with Gasteiger partial charge in [0.1, 0.15) is 0 Å². The van der Waals surface area contributed by atoms with Gasteiger partial charge >= 0.3 is 12.1 Å². The Balaban J connectivity index is 1.79. The highest BCUT2D eigenvalue weighted by Crippen LogP contribution is 2.28. The second-order valence-electron chi connectivity index (χ2n) is 5.62. The minimum Gasteiger partial charge on any atom is -0.480 e. The zero-order valence-electron chi connectivity index (χ0n) is 13.3. The van der Waals surface area contributed by atoms with Crippen LogP contribution in [0.25, 0.3) is 5.69 Å². The van der Waals surface area contributed by atoms with E-state index >= 15 is 0 Å². The van der Waals surface area contributed by atoms with E-state index in [0.29, 0.717) is 5.69 Å². The summed E-state index contributed by atoms with van der Waals surface area (Å²) in [5, 5.41) is 12.6. The first-order valence-corrected chi connectivity index (χ1v) is 7.62. The van der Waals surface area contributed by atoms with E-state index < -0.39 is 29.8 Å². The number of ether oxygens (including phenoxy) is 1. The third kappa shape index (κ3) is 3.54. The molecule has 3 rings (SSSR count). The van der Waals surface area contributed by atoms with E-state index in [1.807, 2.05) is 0 Å². The van der Waals surface area contributed by atoms with Crippen LogP contribution in [0.5, 0.6) is 0 Å². The number of aromatic nitrogens is 2. The van der Waals surface area contributed by atoms with Gasteiger partial charge in [-0.1, -0.05) is 0 Å². The first-order chi connectivity index (χ1) is 12.3. The minimum atomic E-state index is -4.54. The molecule has 2 aromatic rings. The fourth-order valence-electron chi connectivity index (χ4n) is 2.59. The first kappa shape index (κ1) is 17.9. The van der Waals surface area contributed by atoms with Crippen LogP contribution in [0.15, 0.2) is 36.5 Å². The SMILES string of the molecule is O=C(O)[C@H]1COCCN1C(=O)c1ccc(-n2ccc(C(F)(F)F)n2)cc1. The maximum absolute atomic E-state index is 12.6. The average molecular weight is 369 g/mol. The Morgan fingerprint density at radius 3 is 2.46 bits per heavy atom. The van der Waals surface area contributed by atoms with Gasteiger partial charge in [0.05, 0.1) is 18.9 Å². The third-order valence-electron chi connectivity index (χ3n) is 3.93. The molecule has 1 N–H and O–H groups in total. The maximum Gasteiger partial charge on any atom is 0.435 e. The van der Waals surface area contributed by atoms with Gasteiger partial charge in [-0.2, -0.15) is 18.3 Å². The smallest absolute Gasteiger partial charge is 0.435 e. The maximum atomic E-state index is 12.6. The number of amides is 1. The van der Waals surface area contributed by atoms with Crippen molar-refractivity contribution in [3.8, 4) is 5.69 Å². The lowest BCUT2D eigenvalue weighted by atomic mass is 10.1. The van der Waals surface area contributed by atoms with E-state index in [4.69, 9.17) is 4.74 Å². The molecule has 0 radical (unpaired) electrons. The molecule has 1 aliphatic heterocycles. The lowest BCUT2D eigenvalue weighted by Gasteiger charge is -2.32. The van der Waals surface area contributed by atoms with Crippen molar-refractivity contribution in [3.05, 3.63) is 47.8 Å². The van der Waals surface area contributed by atoms with Crippen molar-refractivity contribution in [1.82, 2.24) is 14.7 Å². The van der Waals surface area contributed by atoms with Gasteiger partial charge in [-0.3, -0.25) is 4.79 Å². The van der Waals surface area contributed by atoms with Gasteiger partial charge < -0.3 is 14.7 Å². The highest BCUT2D eigenvalue weighted by atomic mass is 19.4. The van der Waals surface area contributed by atoms with E-state index in [0.717, 1.165) is 10.7 Å². The number of carboxylic acid groups (broad SMARTS) is 1. The molecule has 26 heavy (non-hydrogen) atoms. The summed E-state index contributed by atoms with van der Waals surface area (Å²) >= 11 is 0. The van der Waals surface area contributed by atoms with Crippen LogP contribution in [0.4, 0.5) is 13.2 Å². The van der Waals surface area contributed by atoms with Gasteiger partial charge in [0.25, 0.3) is 5.91 Å². The Hall–Kier alpha value is -2.88.